The average molecular weight is 686 g/mol. The Balaban J connectivity index is 1.24. The van der Waals surface area contributed by atoms with Gasteiger partial charge in [0.2, 0.25) is 0 Å². The number of hydrogen-bond donors (Lipinski definition) is 0. The molecule has 11 rings (SSSR count). The van der Waals surface area contributed by atoms with E-state index in [2.05, 4.69) is 42.5 Å². The predicted octanol–water partition coefficient (Wildman–Crippen LogP) is 14.9. The molecule has 1 heterocycles. The highest BCUT2D eigenvalue weighted by atomic mass is 16.3. The first-order valence-electron chi connectivity index (χ1n) is 23.7. The van der Waals surface area contributed by atoms with Crippen LogP contribution in [0.2, 0.25) is 0 Å². The minimum Gasteiger partial charge on any atom is -0.456 e. The summed E-state index contributed by atoms with van der Waals surface area (Å²) in [6.07, 6.45) is 0. The number of fused-ring (bicyclic) bond motifs is 7. The molecule has 10 aromatic carbocycles. The lowest BCUT2D eigenvalue weighted by Gasteiger charge is -2.19. The molecule has 0 amide bonds. The number of hydrogen-bond acceptors (Lipinski definition) is 1. The topological polar surface area (TPSA) is 13.1 Å². The lowest BCUT2D eigenvalue weighted by Crippen LogP contribution is -1.92. The van der Waals surface area contributed by atoms with Crippen LogP contribution in [-0.4, -0.2) is 0 Å². The third-order valence-corrected chi connectivity index (χ3v) is 10.2. The standard InChI is InChI=1S/C52H32O/c1-2-15-34(16-3-1)50-42-21-8-10-23-44(42)51(45-24-11-9-22-43(45)50)46-31-30-40(38-19-6-7-20-39(38)46)41-26-13-27-48-52(41)47-29-28-35(32-49(47)53-48)37-25-12-17-33-14-4-5-18-36(33)37/h1-32H/i1D,2D,3D,8D,9D,10D,11D,15D,16D,21D,22D,23D,24D. The van der Waals surface area contributed by atoms with Gasteiger partial charge >= 0.3 is 0 Å². The summed E-state index contributed by atoms with van der Waals surface area (Å²) in [6, 6.07) is 29.2. The van der Waals surface area contributed by atoms with E-state index in [0.717, 1.165) is 49.2 Å². The summed E-state index contributed by atoms with van der Waals surface area (Å²) in [7, 11) is 0. The third kappa shape index (κ3) is 4.58. The molecule has 1 nitrogen and oxygen atoms in total. The Labute approximate surface area is 325 Å². The molecule has 0 saturated heterocycles. The summed E-state index contributed by atoms with van der Waals surface area (Å²) < 4.78 is 123. The van der Waals surface area contributed by atoms with Gasteiger partial charge in [-0.1, -0.05) is 176 Å². The SMILES string of the molecule is [2H]c1c([2H])c([2H])c(-c2c3c([2H])c([2H])c([2H])c([2H])c3c(-c3ccc(-c4cccc5oc6cc(-c7cccc8ccccc78)ccc6c45)c4ccccc34)c3c([2H])c([2H])c([2H])c([2H])c23)c([2H])c1[2H]. The molecule has 0 saturated carbocycles. The van der Waals surface area contributed by atoms with Crippen LogP contribution in [0, 0.1) is 0 Å². The minimum atomic E-state index is -0.717. The highest BCUT2D eigenvalue weighted by molar-refractivity contribution is 6.25. The maximum absolute atomic E-state index is 9.45. The molecule has 0 fully saturated rings. The fraction of sp³-hybridized carbons (Fsp3) is 0. The zero-order valence-electron chi connectivity index (χ0n) is 40.9. The number of benzene rings is 10. The summed E-state index contributed by atoms with van der Waals surface area (Å²) in [4.78, 5) is 0. The molecule has 1 aromatic heterocycles. The summed E-state index contributed by atoms with van der Waals surface area (Å²) in [6.45, 7) is 0. The quantitative estimate of drug-likeness (QED) is 0.168. The molecule has 0 radical (unpaired) electrons. The molecule has 0 aliphatic heterocycles. The van der Waals surface area contributed by atoms with Crippen molar-refractivity contribution in [3.63, 3.8) is 0 Å². The van der Waals surface area contributed by atoms with Crippen LogP contribution in [0.15, 0.2) is 198 Å². The summed E-state index contributed by atoms with van der Waals surface area (Å²) in [5.41, 5.74) is 4.78. The van der Waals surface area contributed by atoms with E-state index < -0.39 is 84.1 Å². The van der Waals surface area contributed by atoms with Crippen LogP contribution in [-0.2, 0) is 0 Å². The van der Waals surface area contributed by atoms with Crippen LogP contribution in [0.3, 0.4) is 0 Å². The van der Waals surface area contributed by atoms with Crippen LogP contribution in [0.1, 0.15) is 17.8 Å². The van der Waals surface area contributed by atoms with E-state index in [9.17, 15) is 5.48 Å². The molecule has 0 bridgehead atoms. The van der Waals surface area contributed by atoms with E-state index in [0.29, 0.717) is 22.1 Å². The molecule has 0 atom stereocenters. The lowest BCUT2D eigenvalue weighted by molar-refractivity contribution is 0.669. The molecular weight excluding hydrogens is 641 g/mol. The second-order valence-electron chi connectivity index (χ2n) is 13.0. The van der Waals surface area contributed by atoms with Crippen LogP contribution in [0.4, 0.5) is 0 Å². The first-order chi connectivity index (χ1) is 31.7. The molecule has 0 N–H and O–H groups in total. The van der Waals surface area contributed by atoms with Crippen LogP contribution in [0.25, 0.3) is 110 Å². The Morgan fingerprint density at radius 2 is 0.925 bits per heavy atom. The van der Waals surface area contributed by atoms with Crippen LogP contribution in [0.5, 0.6) is 0 Å². The number of furan rings is 1. The predicted molar refractivity (Wildman–Crippen MR) is 225 cm³/mol. The van der Waals surface area contributed by atoms with Gasteiger partial charge in [-0.15, -0.1) is 0 Å². The zero-order valence-corrected chi connectivity index (χ0v) is 27.9. The maximum Gasteiger partial charge on any atom is 0.136 e. The van der Waals surface area contributed by atoms with Crippen molar-refractivity contribution in [2.24, 2.45) is 0 Å². The highest BCUT2D eigenvalue weighted by Crippen LogP contribution is 2.47. The van der Waals surface area contributed by atoms with E-state index in [-0.39, 0.29) is 32.7 Å². The average Bonchev–Trinajstić information content (AvgIpc) is 3.72. The van der Waals surface area contributed by atoms with E-state index in [1.165, 1.54) is 0 Å². The van der Waals surface area contributed by atoms with Gasteiger partial charge in [-0.2, -0.15) is 0 Å². The van der Waals surface area contributed by atoms with Crippen LogP contribution >= 0.6 is 0 Å². The zero-order chi connectivity index (χ0) is 46.2. The van der Waals surface area contributed by atoms with Gasteiger partial charge < -0.3 is 4.42 Å². The Morgan fingerprint density at radius 3 is 1.68 bits per heavy atom. The molecule has 0 aliphatic carbocycles. The molecule has 0 spiro atoms. The first-order valence-corrected chi connectivity index (χ1v) is 17.2. The summed E-state index contributed by atoms with van der Waals surface area (Å²) >= 11 is 0. The highest BCUT2D eigenvalue weighted by Gasteiger charge is 2.20. The minimum absolute atomic E-state index is 0.0748. The van der Waals surface area contributed by atoms with E-state index >= 15 is 0 Å². The van der Waals surface area contributed by atoms with Gasteiger partial charge in [-0.25, -0.2) is 0 Å². The van der Waals surface area contributed by atoms with E-state index in [1.54, 1.807) is 6.07 Å². The fourth-order valence-corrected chi connectivity index (χ4v) is 7.97. The molecule has 0 aliphatic rings. The van der Waals surface area contributed by atoms with E-state index in [1.807, 2.05) is 66.7 Å². The summed E-state index contributed by atoms with van der Waals surface area (Å²) in [5.74, 6) is 0. The second kappa shape index (κ2) is 11.8. The van der Waals surface area contributed by atoms with Gasteiger partial charge in [0.25, 0.3) is 0 Å². The van der Waals surface area contributed by atoms with Crippen molar-refractivity contribution in [3.8, 4) is 44.5 Å². The van der Waals surface area contributed by atoms with Gasteiger partial charge in [-0.05, 0) is 106 Å². The van der Waals surface area contributed by atoms with Crippen molar-refractivity contribution in [2.45, 2.75) is 0 Å². The van der Waals surface area contributed by atoms with Gasteiger partial charge in [-0.3, -0.25) is 0 Å². The molecule has 246 valence electrons. The summed E-state index contributed by atoms with van der Waals surface area (Å²) in [5, 5.41) is 4.56. The Morgan fingerprint density at radius 1 is 0.340 bits per heavy atom. The maximum atomic E-state index is 9.45. The Bertz CT molecular complexity index is 3870. The molecule has 53 heavy (non-hydrogen) atoms. The van der Waals surface area contributed by atoms with Crippen molar-refractivity contribution in [1.29, 1.82) is 0 Å². The second-order valence-corrected chi connectivity index (χ2v) is 13.0. The Hall–Kier alpha value is -6.96. The van der Waals surface area contributed by atoms with Crippen molar-refractivity contribution >= 4 is 65.0 Å². The van der Waals surface area contributed by atoms with Crippen molar-refractivity contribution in [2.75, 3.05) is 0 Å². The van der Waals surface area contributed by atoms with Gasteiger partial charge in [0.15, 0.2) is 0 Å². The first kappa shape index (κ1) is 19.6. The monoisotopic (exact) mass is 685 g/mol. The lowest BCUT2D eigenvalue weighted by atomic mass is 9.83. The normalized spacial score (nSPS) is 15.2. The molecule has 11 aromatic rings. The molecule has 0 unspecified atom stereocenters. The van der Waals surface area contributed by atoms with Gasteiger partial charge in [0.1, 0.15) is 11.2 Å². The fourth-order valence-electron chi connectivity index (χ4n) is 7.97. The van der Waals surface area contributed by atoms with Crippen LogP contribution < -0.4 is 0 Å². The molecular formula is C52H32O. The smallest absolute Gasteiger partial charge is 0.136 e. The number of rotatable bonds is 4. The van der Waals surface area contributed by atoms with Crippen molar-refractivity contribution in [3.05, 3.63) is 194 Å². The van der Waals surface area contributed by atoms with Gasteiger partial charge in [0, 0.05) is 10.8 Å². The largest absolute Gasteiger partial charge is 0.456 e. The Kier molecular flexibility index (Phi) is 4.36. The molecule has 1 heteroatoms. The van der Waals surface area contributed by atoms with E-state index in [4.69, 9.17) is 16.8 Å². The third-order valence-electron chi connectivity index (χ3n) is 10.2. The van der Waals surface area contributed by atoms with Crippen molar-refractivity contribution < 1.29 is 22.2 Å². The van der Waals surface area contributed by atoms with Gasteiger partial charge in [0.05, 0.1) is 17.8 Å². The van der Waals surface area contributed by atoms with Crippen molar-refractivity contribution in [1.82, 2.24) is 0 Å².